The number of epoxide rings is 2. The molecule has 352 valence electrons. The van der Waals surface area contributed by atoms with Gasteiger partial charge in [0.1, 0.15) is 13.2 Å². The quantitative estimate of drug-likeness (QED) is 0.0801. The van der Waals surface area contributed by atoms with Gasteiger partial charge in [-0.15, -0.1) is 0 Å². The monoisotopic (exact) mass is 958 g/mol. The fourth-order valence-corrected chi connectivity index (χ4v) is 4.18. The van der Waals surface area contributed by atoms with Gasteiger partial charge in [-0.1, -0.05) is 0 Å². The van der Waals surface area contributed by atoms with Gasteiger partial charge in [0, 0.05) is 12.8 Å². The van der Waals surface area contributed by atoms with Gasteiger partial charge in [-0.3, -0.25) is 0 Å². The van der Waals surface area contributed by atoms with Gasteiger partial charge in [0.15, 0.2) is 0 Å². The molecule has 0 aromatic carbocycles. The summed E-state index contributed by atoms with van der Waals surface area (Å²) in [5, 5.41) is 0. The normalized spacial score (nSPS) is 20.9. The first-order chi connectivity index (χ1) is 25.4. The third-order valence-corrected chi connectivity index (χ3v) is 8.12. The number of alkyl halides is 32. The minimum absolute atomic E-state index is 1.04. The molecule has 0 aromatic rings. The van der Waals surface area contributed by atoms with E-state index in [-0.39, 0.29) is 0 Å². The summed E-state index contributed by atoms with van der Waals surface area (Å²) >= 11 is 0. The highest BCUT2D eigenvalue weighted by atomic mass is 19.4. The largest absolute Gasteiger partial charge is 0.385 e. The summed E-state index contributed by atoms with van der Waals surface area (Å²) in [6.45, 7) is -11.2. The Balaban J connectivity index is 2.43. The SMILES string of the molecule is FC(F)(COCC(F)(F)C(F)(F)C(F)(F)C(F)(F)C(F)(F)C(F)(F)C(F)(F)C(F)(F)CC1CO1)C(F)(F)C(F)(F)C(F)(F)C(F)(F)C(F)(F)C(F)(F)C(F)(F)CC1CO1. The van der Waals surface area contributed by atoms with Crippen LogP contribution in [-0.4, -0.2) is 133 Å². The molecule has 0 bridgehead atoms. The molecule has 2 saturated heterocycles. The lowest BCUT2D eigenvalue weighted by molar-refractivity contribution is -0.457. The van der Waals surface area contributed by atoms with E-state index in [1.807, 2.05) is 0 Å². The van der Waals surface area contributed by atoms with E-state index in [2.05, 4.69) is 14.2 Å². The molecule has 2 atom stereocenters. The summed E-state index contributed by atoms with van der Waals surface area (Å²) in [6, 6.07) is 0. The maximum Gasteiger partial charge on any atom is 0.385 e. The van der Waals surface area contributed by atoms with Crippen LogP contribution in [0.15, 0.2) is 0 Å². The molecule has 0 saturated carbocycles. The molecular weight excluding hydrogens is 944 g/mol. The highest BCUT2D eigenvalue weighted by Crippen LogP contribution is 2.66. The third-order valence-electron chi connectivity index (χ3n) is 8.12. The summed E-state index contributed by atoms with van der Waals surface area (Å²) in [5.41, 5.74) is 0. The second-order valence-electron chi connectivity index (χ2n) is 12.5. The van der Waals surface area contributed by atoms with Crippen molar-refractivity contribution >= 4 is 0 Å². The van der Waals surface area contributed by atoms with Crippen LogP contribution < -0.4 is 0 Å². The zero-order chi connectivity index (χ0) is 47.5. The van der Waals surface area contributed by atoms with Crippen LogP contribution in [0.1, 0.15) is 12.8 Å². The molecule has 35 heteroatoms. The second kappa shape index (κ2) is 14.1. The Hall–Kier alpha value is -2.36. The minimum Gasteiger partial charge on any atom is -0.373 e. The van der Waals surface area contributed by atoms with Crippen LogP contribution in [0.5, 0.6) is 0 Å². The molecule has 0 aromatic heterocycles. The van der Waals surface area contributed by atoms with Gasteiger partial charge >= 0.3 is 94.8 Å². The molecule has 0 amide bonds. The van der Waals surface area contributed by atoms with E-state index in [4.69, 9.17) is 0 Å². The predicted octanol–water partition coefficient (Wildman–Crippen LogP) is 10.7. The lowest BCUT2D eigenvalue weighted by Gasteiger charge is -2.44. The van der Waals surface area contributed by atoms with Gasteiger partial charge in [0.25, 0.3) is 0 Å². The van der Waals surface area contributed by atoms with Crippen molar-refractivity contribution in [2.45, 2.75) is 120 Å². The second-order valence-corrected chi connectivity index (χ2v) is 12.5. The van der Waals surface area contributed by atoms with Gasteiger partial charge in [-0.2, -0.15) is 140 Å². The smallest absolute Gasteiger partial charge is 0.373 e. The number of ether oxygens (including phenoxy) is 3. The van der Waals surface area contributed by atoms with E-state index in [1.165, 1.54) is 0 Å². The molecule has 2 aliphatic rings. The Morgan fingerprint density at radius 3 is 0.593 bits per heavy atom. The summed E-state index contributed by atoms with van der Waals surface area (Å²) < 4.78 is 454. The predicted molar refractivity (Wildman–Crippen MR) is 119 cm³/mol. The fraction of sp³-hybridized carbons (Fsp3) is 1.00. The van der Waals surface area contributed by atoms with Crippen LogP contribution in [0, 0.1) is 0 Å². The molecule has 2 heterocycles. The van der Waals surface area contributed by atoms with Gasteiger partial charge in [-0.25, -0.2) is 0 Å². The summed E-state index contributed by atoms with van der Waals surface area (Å²) in [7, 11) is 0. The lowest BCUT2D eigenvalue weighted by Crippen LogP contribution is -2.75. The standard InChI is InChI=1S/C24H14F32O3/c25-9(26,1-7-3-58-7)13(33,34)17(41,42)21(49,50)23(53,54)19(45,46)15(37,38)11(29,30)5-57-6-12(31,32)16(39,40)20(47,48)24(55,56)22(51,52)18(43,44)14(35,36)10(27,28)2-8-4-59-8/h7-8H,1-6H2. The van der Waals surface area contributed by atoms with Crippen molar-refractivity contribution in [1.82, 2.24) is 0 Å². The maximum absolute atomic E-state index is 14.0. The van der Waals surface area contributed by atoms with Crippen molar-refractivity contribution in [2.75, 3.05) is 26.4 Å². The van der Waals surface area contributed by atoms with Gasteiger partial charge in [0.05, 0.1) is 25.4 Å². The Morgan fingerprint density at radius 2 is 0.424 bits per heavy atom. The lowest BCUT2D eigenvalue weighted by atomic mass is 9.86. The van der Waals surface area contributed by atoms with E-state index in [0.29, 0.717) is 0 Å². The summed E-state index contributed by atoms with van der Waals surface area (Å²) in [5.74, 6) is -135. The zero-order valence-corrected chi connectivity index (χ0v) is 26.7. The molecule has 0 aliphatic carbocycles. The Kier molecular flexibility index (Phi) is 12.6. The van der Waals surface area contributed by atoms with Crippen LogP contribution >= 0.6 is 0 Å². The van der Waals surface area contributed by atoms with Gasteiger partial charge < -0.3 is 14.2 Å². The summed E-state index contributed by atoms with van der Waals surface area (Å²) in [4.78, 5) is 0. The number of halogens is 32. The van der Waals surface area contributed by atoms with Crippen molar-refractivity contribution in [3.05, 3.63) is 0 Å². The molecule has 2 aliphatic heterocycles. The van der Waals surface area contributed by atoms with E-state index >= 15 is 0 Å². The molecule has 0 N–H and O–H groups in total. The molecule has 59 heavy (non-hydrogen) atoms. The van der Waals surface area contributed by atoms with Crippen molar-refractivity contribution < 1.29 is 155 Å². The molecule has 3 nitrogen and oxygen atoms in total. The van der Waals surface area contributed by atoms with Crippen LogP contribution in [-0.2, 0) is 14.2 Å². The van der Waals surface area contributed by atoms with E-state index in [0.717, 1.165) is 0 Å². The Morgan fingerprint density at radius 1 is 0.271 bits per heavy atom. The van der Waals surface area contributed by atoms with E-state index in [1.54, 1.807) is 0 Å². The molecule has 2 rings (SSSR count). The highest BCUT2D eigenvalue weighted by Gasteiger charge is 2.96. The average molecular weight is 958 g/mol. The zero-order valence-electron chi connectivity index (χ0n) is 26.7. The van der Waals surface area contributed by atoms with Crippen LogP contribution in [0.2, 0.25) is 0 Å². The summed E-state index contributed by atoms with van der Waals surface area (Å²) in [6.07, 6.45) is -10.1. The molecular formula is C24H14F32O3. The maximum atomic E-state index is 14.0. The first kappa shape index (κ1) is 52.8. The van der Waals surface area contributed by atoms with Gasteiger partial charge in [0.2, 0.25) is 0 Å². The van der Waals surface area contributed by atoms with Crippen molar-refractivity contribution in [2.24, 2.45) is 0 Å². The van der Waals surface area contributed by atoms with Crippen molar-refractivity contribution in [3.8, 4) is 0 Å². The van der Waals surface area contributed by atoms with Gasteiger partial charge in [-0.05, 0) is 0 Å². The van der Waals surface area contributed by atoms with E-state index in [9.17, 15) is 140 Å². The van der Waals surface area contributed by atoms with Crippen molar-refractivity contribution in [3.63, 3.8) is 0 Å². The topological polar surface area (TPSA) is 34.3 Å². The highest BCUT2D eigenvalue weighted by molar-refractivity contribution is 5.18. The molecule has 2 fully saturated rings. The average Bonchev–Trinajstić information content (AvgIpc) is 3.97. The van der Waals surface area contributed by atoms with Crippen LogP contribution in [0.4, 0.5) is 140 Å². The minimum atomic E-state index is -9.17. The number of hydrogen-bond donors (Lipinski definition) is 0. The molecule has 0 spiro atoms. The molecule has 2 unspecified atom stereocenters. The first-order valence-electron chi connectivity index (χ1n) is 14.2. The van der Waals surface area contributed by atoms with E-state index < -0.39 is 146 Å². The Labute approximate surface area is 302 Å². The number of hydrogen-bond acceptors (Lipinski definition) is 3. The molecule has 0 radical (unpaired) electrons. The fourth-order valence-electron chi connectivity index (χ4n) is 4.18. The third kappa shape index (κ3) is 7.34. The Bertz CT molecular complexity index is 1400. The van der Waals surface area contributed by atoms with Crippen LogP contribution in [0.25, 0.3) is 0 Å². The first-order valence-corrected chi connectivity index (χ1v) is 14.2. The number of rotatable bonds is 22. The van der Waals surface area contributed by atoms with Crippen LogP contribution in [0.3, 0.4) is 0 Å². The van der Waals surface area contributed by atoms with Crippen molar-refractivity contribution in [1.29, 1.82) is 0 Å².